The van der Waals surface area contributed by atoms with Gasteiger partial charge in [-0.1, -0.05) is 11.6 Å². The van der Waals surface area contributed by atoms with Gasteiger partial charge in [0.25, 0.3) is 5.91 Å². The lowest BCUT2D eigenvalue weighted by molar-refractivity contribution is 0.0937. The zero-order valence-electron chi connectivity index (χ0n) is 13.8. The van der Waals surface area contributed by atoms with Crippen molar-refractivity contribution in [2.24, 2.45) is 11.7 Å². The Morgan fingerprint density at radius 1 is 1.44 bits per heavy atom. The van der Waals surface area contributed by atoms with E-state index >= 15 is 0 Å². The maximum Gasteiger partial charge on any atom is 0.261 e. The SMILES string of the molecule is Cc1nn(-c2ccc(Cl)cc2)c2sc(C(=O)NC(CN)C3CC3)cc12. The second kappa shape index (κ2) is 6.44. The van der Waals surface area contributed by atoms with Crippen LogP contribution in [0.5, 0.6) is 0 Å². The molecule has 1 amide bonds. The Kier molecular flexibility index (Phi) is 4.27. The van der Waals surface area contributed by atoms with Crippen molar-refractivity contribution in [3.05, 3.63) is 45.9 Å². The number of nitrogens with two attached hydrogens (primary N) is 1. The number of nitrogens with one attached hydrogen (secondary N) is 1. The van der Waals surface area contributed by atoms with Crippen molar-refractivity contribution in [2.75, 3.05) is 6.54 Å². The standard InChI is InChI=1S/C18H19ClN4OS/c1-10-14-8-16(17(24)21-15(9-20)11-2-3-11)25-18(14)23(22-10)13-6-4-12(19)5-7-13/h4-8,11,15H,2-3,9,20H2,1H3,(H,21,24). The van der Waals surface area contributed by atoms with Gasteiger partial charge in [0.15, 0.2) is 0 Å². The first-order valence-corrected chi connectivity index (χ1v) is 9.52. The predicted octanol–water partition coefficient (Wildman–Crippen LogP) is 3.52. The number of benzene rings is 1. The van der Waals surface area contributed by atoms with Crippen LogP contribution in [0.15, 0.2) is 30.3 Å². The minimum Gasteiger partial charge on any atom is -0.347 e. The number of rotatable bonds is 5. The first kappa shape index (κ1) is 16.6. The van der Waals surface area contributed by atoms with E-state index < -0.39 is 0 Å². The summed E-state index contributed by atoms with van der Waals surface area (Å²) in [5.74, 6) is 0.486. The first-order chi connectivity index (χ1) is 12.1. The number of hydrogen-bond donors (Lipinski definition) is 2. The summed E-state index contributed by atoms with van der Waals surface area (Å²) >= 11 is 7.42. The van der Waals surface area contributed by atoms with Gasteiger partial charge in [0.05, 0.1) is 16.3 Å². The average molecular weight is 375 g/mol. The molecular formula is C18H19ClN4OS. The van der Waals surface area contributed by atoms with Crippen LogP contribution in [-0.4, -0.2) is 28.3 Å². The number of thiophene rings is 1. The molecule has 1 aliphatic rings. The van der Waals surface area contributed by atoms with Gasteiger partial charge in [-0.05, 0) is 56.0 Å². The molecule has 130 valence electrons. The van der Waals surface area contributed by atoms with Gasteiger partial charge in [0, 0.05) is 23.0 Å². The number of carbonyl (C=O) groups excluding carboxylic acids is 1. The molecule has 1 unspecified atom stereocenters. The number of carbonyl (C=O) groups is 1. The van der Waals surface area contributed by atoms with E-state index in [0.717, 1.165) is 34.4 Å². The van der Waals surface area contributed by atoms with E-state index in [9.17, 15) is 4.79 Å². The fourth-order valence-electron chi connectivity index (χ4n) is 3.02. The molecule has 25 heavy (non-hydrogen) atoms. The second-order valence-corrected chi connectivity index (χ2v) is 7.92. The third-order valence-electron chi connectivity index (χ3n) is 4.60. The fraction of sp³-hybridized carbons (Fsp3) is 0.333. The minimum absolute atomic E-state index is 0.0504. The summed E-state index contributed by atoms with van der Waals surface area (Å²) in [6, 6.07) is 9.51. The third-order valence-corrected chi connectivity index (χ3v) is 5.96. The molecule has 0 aliphatic heterocycles. The van der Waals surface area contributed by atoms with Crippen LogP contribution in [0.4, 0.5) is 0 Å². The monoisotopic (exact) mass is 374 g/mol. The molecule has 0 saturated heterocycles. The fourth-order valence-corrected chi connectivity index (χ4v) is 4.24. The smallest absolute Gasteiger partial charge is 0.261 e. The lowest BCUT2D eigenvalue weighted by atomic mass is 10.2. The Balaban J connectivity index is 1.67. The Morgan fingerprint density at radius 3 is 2.80 bits per heavy atom. The van der Waals surface area contributed by atoms with Gasteiger partial charge in [-0.25, -0.2) is 4.68 Å². The largest absolute Gasteiger partial charge is 0.347 e. The second-order valence-electron chi connectivity index (χ2n) is 6.46. The molecule has 0 radical (unpaired) electrons. The van der Waals surface area contributed by atoms with Crippen molar-refractivity contribution < 1.29 is 4.79 Å². The van der Waals surface area contributed by atoms with Gasteiger partial charge in [-0.15, -0.1) is 11.3 Å². The van der Waals surface area contributed by atoms with Crippen LogP contribution in [0.1, 0.15) is 28.2 Å². The number of hydrogen-bond acceptors (Lipinski definition) is 4. The van der Waals surface area contributed by atoms with Gasteiger partial charge >= 0.3 is 0 Å². The number of aryl methyl sites for hydroxylation is 1. The van der Waals surface area contributed by atoms with Gasteiger partial charge < -0.3 is 11.1 Å². The lowest BCUT2D eigenvalue weighted by Crippen LogP contribution is -2.41. The number of amides is 1. The maximum absolute atomic E-state index is 12.6. The third kappa shape index (κ3) is 3.17. The Labute approximate surface area is 154 Å². The molecule has 1 fully saturated rings. The molecule has 1 aliphatic carbocycles. The van der Waals surface area contributed by atoms with Crippen LogP contribution >= 0.6 is 22.9 Å². The zero-order valence-corrected chi connectivity index (χ0v) is 15.4. The molecule has 7 heteroatoms. The molecule has 3 aromatic rings. The molecule has 1 aromatic carbocycles. The van der Waals surface area contributed by atoms with Crippen LogP contribution in [0.25, 0.3) is 15.9 Å². The highest BCUT2D eigenvalue weighted by molar-refractivity contribution is 7.20. The Bertz CT molecular complexity index is 927. The summed E-state index contributed by atoms with van der Waals surface area (Å²) in [6.07, 6.45) is 2.30. The van der Waals surface area contributed by atoms with Crippen LogP contribution < -0.4 is 11.1 Å². The Hall–Kier alpha value is -1.89. The molecule has 0 spiro atoms. The van der Waals surface area contributed by atoms with Gasteiger partial charge in [-0.3, -0.25) is 4.79 Å². The highest BCUT2D eigenvalue weighted by Crippen LogP contribution is 2.33. The maximum atomic E-state index is 12.6. The van der Waals surface area contributed by atoms with Crippen molar-refractivity contribution in [3.63, 3.8) is 0 Å². The molecule has 4 rings (SSSR count). The van der Waals surface area contributed by atoms with Crippen molar-refractivity contribution in [3.8, 4) is 5.69 Å². The van der Waals surface area contributed by atoms with E-state index in [4.69, 9.17) is 17.3 Å². The number of nitrogens with zero attached hydrogens (tertiary/aromatic N) is 2. The number of halogens is 1. The first-order valence-electron chi connectivity index (χ1n) is 8.33. The van der Waals surface area contributed by atoms with Crippen LogP contribution in [-0.2, 0) is 0 Å². The van der Waals surface area contributed by atoms with Crippen LogP contribution in [0.3, 0.4) is 0 Å². The predicted molar refractivity (Wildman–Crippen MR) is 102 cm³/mol. The highest BCUT2D eigenvalue weighted by atomic mass is 35.5. The van der Waals surface area contributed by atoms with E-state index in [-0.39, 0.29) is 11.9 Å². The van der Waals surface area contributed by atoms with Crippen molar-refractivity contribution in [2.45, 2.75) is 25.8 Å². The quantitative estimate of drug-likeness (QED) is 0.717. The molecule has 1 saturated carbocycles. The summed E-state index contributed by atoms with van der Waals surface area (Å²) in [4.78, 5) is 14.3. The minimum atomic E-state index is -0.0504. The van der Waals surface area contributed by atoms with Crippen molar-refractivity contribution in [1.29, 1.82) is 0 Å². The van der Waals surface area contributed by atoms with Gasteiger partial charge in [0.1, 0.15) is 4.83 Å². The molecule has 2 heterocycles. The van der Waals surface area contributed by atoms with Crippen molar-refractivity contribution in [1.82, 2.24) is 15.1 Å². The molecule has 2 aromatic heterocycles. The van der Waals surface area contributed by atoms with E-state index in [1.54, 1.807) is 0 Å². The van der Waals surface area contributed by atoms with Crippen LogP contribution in [0, 0.1) is 12.8 Å². The summed E-state index contributed by atoms with van der Waals surface area (Å²) < 4.78 is 1.86. The molecule has 5 nitrogen and oxygen atoms in total. The van der Waals surface area contributed by atoms with Crippen molar-refractivity contribution >= 4 is 39.1 Å². The van der Waals surface area contributed by atoms with Gasteiger partial charge in [0.2, 0.25) is 0 Å². The number of fused-ring (bicyclic) bond motifs is 1. The molecule has 1 atom stereocenters. The van der Waals surface area contributed by atoms with Gasteiger partial charge in [-0.2, -0.15) is 5.10 Å². The van der Waals surface area contributed by atoms with E-state index in [1.165, 1.54) is 11.3 Å². The highest BCUT2D eigenvalue weighted by Gasteiger charge is 2.31. The lowest BCUT2D eigenvalue weighted by Gasteiger charge is -2.15. The molecule has 0 bridgehead atoms. The zero-order chi connectivity index (χ0) is 17.6. The summed E-state index contributed by atoms with van der Waals surface area (Å²) in [5, 5.41) is 9.36. The van der Waals surface area contributed by atoms with E-state index in [1.807, 2.05) is 41.9 Å². The van der Waals surface area contributed by atoms with Crippen LogP contribution in [0.2, 0.25) is 5.02 Å². The normalized spacial score (nSPS) is 15.5. The Morgan fingerprint density at radius 2 is 2.16 bits per heavy atom. The summed E-state index contributed by atoms with van der Waals surface area (Å²) in [6.45, 7) is 2.44. The summed E-state index contributed by atoms with van der Waals surface area (Å²) in [5.41, 5.74) is 7.62. The average Bonchev–Trinajstić information content (AvgIpc) is 3.27. The van der Waals surface area contributed by atoms with E-state index in [0.29, 0.717) is 22.4 Å². The molecular weight excluding hydrogens is 356 g/mol. The molecule has 3 N–H and O–H groups in total. The van der Waals surface area contributed by atoms with E-state index in [2.05, 4.69) is 10.4 Å². The summed E-state index contributed by atoms with van der Waals surface area (Å²) in [7, 11) is 0. The topological polar surface area (TPSA) is 72.9 Å². The number of aromatic nitrogens is 2.